The van der Waals surface area contributed by atoms with Crippen molar-refractivity contribution in [2.45, 2.75) is 37.8 Å². The van der Waals surface area contributed by atoms with Crippen molar-refractivity contribution < 1.29 is 19.1 Å². The molecule has 3 atom stereocenters. The molecule has 8 heteroatoms. The zero-order valence-electron chi connectivity index (χ0n) is 19.3. The highest BCUT2D eigenvalue weighted by molar-refractivity contribution is 6.02. The third kappa shape index (κ3) is 3.35. The van der Waals surface area contributed by atoms with Crippen LogP contribution in [0.5, 0.6) is 0 Å². The van der Waals surface area contributed by atoms with Gasteiger partial charge in [0.1, 0.15) is 6.04 Å². The largest absolute Gasteiger partial charge is 0.465 e. The number of piperidine rings is 1. The monoisotopic (exact) mass is 460 g/mol. The summed E-state index contributed by atoms with van der Waals surface area (Å²) in [4.78, 5) is 27.5. The van der Waals surface area contributed by atoms with Crippen molar-refractivity contribution in [3.63, 3.8) is 0 Å². The standard InChI is InChI=1S/C26H28N4O4/c1-3-33-23(31)26(24(32)34-4-2)14-21(18-10-6-5-7-11-18)25(16-27,17-28)30-22(26)20-13-9-8-12-19(20)15-29-30/h5-13,15,21-22H,3-4,14,16,27H2,1-2H3/t21-,22+,25?/m1/s1. The second-order valence-electron chi connectivity index (χ2n) is 8.44. The molecule has 8 nitrogen and oxygen atoms in total. The number of hydrogen-bond acceptors (Lipinski definition) is 8. The van der Waals surface area contributed by atoms with Crippen LogP contribution in [0.25, 0.3) is 0 Å². The number of rotatable bonds is 6. The average molecular weight is 461 g/mol. The van der Waals surface area contributed by atoms with Crippen molar-refractivity contribution in [3.05, 3.63) is 71.3 Å². The summed E-state index contributed by atoms with van der Waals surface area (Å²) >= 11 is 0. The highest BCUT2D eigenvalue weighted by atomic mass is 16.6. The van der Waals surface area contributed by atoms with Crippen LogP contribution in [0.4, 0.5) is 0 Å². The van der Waals surface area contributed by atoms with Crippen molar-refractivity contribution >= 4 is 18.2 Å². The molecule has 1 unspecified atom stereocenters. The second kappa shape index (κ2) is 9.27. The number of carbonyl (C=O) groups is 2. The van der Waals surface area contributed by atoms with Gasteiger partial charge in [0.2, 0.25) is 0 Å². The molecule has 0 spiro atoms. The molecular formula is C26H28N4O4. The van der Waals surface area contributed by atoms with Crippen LogP contribution in [0.3, 0.4) is 0 Å². The van der Waals surface area contributed by atoms with E-state index in [1.54, 1.807) is 25.1 Å². The Kier molecular flexibility index (Phi) is 6.40. The van der Waals surface area contributed by atoms with Crippen LogP contribution < -0.4 is 5.73 Å². The van der Waals surface area contributed by atoms with Crippen LogP contribution in [0.1, 0.15) is 48.9 Å². The molecule has 2 N–H and O–H groups in total. The minimum atomic E-state index is -1.75. The SMILES string of the molecule is CCOC(=O)C1(C(=O)OCC)C[C@H](c2ccccc2)C(C#N)(CN)N2N=Cc3ccccc3[C@H]21. The maximum Gasteiger partial charge on any atom is 0.326 e. The van der Waals surface area contributed by atoms with Crippen LogP contribution in [-0.4, -0.2) is 48.5 Å². The van der Waals surface area contributed by atoms with Crippen molar-refractivity contribution in [2.75, 3.05) is 19.8 Å². The van der Waals surface area contributed by atoms with Crippen molar-refractivity contribution in [1.82, 2.24) is 5.01 Å². The molecule has 2 aromatic carbocycles. The third-order valence-corrected chi connectivity index (χ3v) is 6.82. The molecule has 0 bridgehead atoms. The lowest BCUT2D eigenvalue weighted by atomic mass is 9.59. The Morgan fingerprint density at radius 3 is 2.29 bits per heavy atom. The molecule has 34 heavy (non-hydrogen) atoms. The number of benzene rings is 2. The normalized spacial score (nSPS) is 24.4. The van der Waals surface area contributed by atoms with E-state index in [-0.39, 0.29) is 26.2 Å². The summed E-state index contributed by atoms with van der Waals surface area (Å²) in [5, 5.41) is 16.7. The van der Waals surface area contributed by atoms with Gasteiger partial charge in [0.15, 0.2) is 11.0 Å². The number of nitrogens with two attached hydrogens (primary N) is 1. The minimum absolute atomic E-state index is 0.00946. The fraction of sp³-hybridized carbons (Fsp3) is 0.385. The Hall–Kier alpha value is -3.70. The van der Waals surface area contributed by atoms with Gasteiger partial charge in [-0.25, -0.2) is 0 Å². The van der Waals surface area contributed by atoms with Crippen LogP contribution >= 0.6 is 0 Å². The Morgan fingerprint density at radius 2 is 1.71 bits per heavy atom. The summed E-state index contributed by atoms with van der Waals surface area (Å²) < 4.78 is 11.0. The van der Waals surface area contributed by atoms with E-state index in [0.29, 0.717) is 5.56 Å². The summed E-state index contributed by atoms with van der Waals surface area (Å²) in [7, 11) is 0. The third-order valence-electron chi connectivity index (χ3n) is 6.82. The topological polar surface area (TPSA) is 118 Å². The maximum atomic E-state index is 13.7. The molecule has 4 rings (SSSR count). The lowest BCUT2D eigenvalue weighted by Gasteiger charge is -2.57. The Labute approximate surface area is 198 Å². The van der Waals surface area contributed by atoms with Gasteiger partial charge in [-0.15, -0.1) is 0 Å². The summed E-state index contributed by atoms with van der Waals surface area (Å²) in [6, 6.07) is 18.2. The first kappa shape index (κ1) is 23.5. The lowest BCUT2D eigenvalue weighted by Crippen LogP contribution is -2.67. The molecule has 0 amide bonds. The maximum absolute atomic E-state index is 13.7. The molecule has 2 heterocycles. The molecule has 0 aliphatic carbocycles. The highest BCUT2D eigenvalue weighted by Crippen LogP contribution is 2.59. The van der Waals surface area contributed by atoms with E-state index in [1.165, 1.54) is 0 Å². The van der Waals surface area contributed by atoms with Gasteiger partial charge in [-0.05, 0) is 37.0 Å². The van der Waals surface area contributed by atoms with Crippen LogP contribution in [0.15, 0.2) is 59.7 Å². The summed E-state index contributed by atoms with van der Waals surface area (Å²) in [6.07, 6.45) is 1.63. The number of hydrazone groups is 1. The molecule has 0 saturated carbocycles. The predicted octanol–water partition coefficient (Wildman–Crippen LogP) is 2.90. The number of hydrogen-bond donors (Lipinski definition) is 1. The number of ether oxygens (including phenoxy) is 2. The number of esters is 2. The molecule has 2 aliphatic heterocycles. The van der Waals surface area contributed by atoms with E-state index < -0.39 is 34.9 Å². The van der Waals surface area contributed by atoms with Gasteiger partial charge in [-0.3, -0.25) is 14.6 Å². The van der Waals surface area contributed by atoms with E-state index in [9.17, 15) is 14.9 Å². The van der Waals surface area contributed by atoms with Gasteiger partial charge in [0.25, 0.3) is 0 Å². The fourth-order valence-corrected chi connectivity index (χ4v) is 5.25. The van der Waals surface area contributed by atoms with Crippen LogP contribution in [0, 0.1) is 16.7 Å². The summed E-state index contributed by atoms with van der Waals surface area (Å²) in [5.41, 5.74) is 5.45. The number of carbonyl (C=O) groups excluding carboxylic acids is 2. The Bertz CT molecular complexity index is 1120. The first-order chi connectivity index (χ1) is 16.5. The molecule has 2 aliphatic rings. The highest BCUT2D eigenvalue weighted by Gasteiger charge is 2.68. The van der Waals surface area contributed by atoms with Crippen LogP contribution in [0.2, 0.25) is 0 Å². The van der Waals surface area contributed by atoms with Crippen molar-refractivity contribution in [2.24, 2.45) is 16.3 Å². The molecule has 1 saturated heterocycles. The van der Waals surface area contributed by atoms with Crippen LogP contribution in [-0.2, 0) is 19.1 Å². The minimum Gasteiger partial charge on any atom is -0.465 e. The predicted molar refractivity (Wildman–Crippen MR) is 126 cm³/mol. The number of nitriles is 1. The van der Waals surface area contributed by atoms with Crippen molar-refractivity contribution in [1.29, 1.82) is 5.26 Å². The molecule has 2 aromatic rings. The van der Waals surface area contributed by atoms with E-state index in [1.807, 2.05) is 54.6 Å². The first-order valence-electron chi connectivity index (χ1n) is 11.4. The van der Waals surface area contributed by atoms with Gasteiger partial charge in [0, 0.05) is 12.5 Å². The molecule has 0 radical (unpaired) electrons. The lowest BCUT2D eigenvalue weighted by molar-refractivity contribution is -0.189. The van der Waals surface area contributed by atoms with Gasteiger partial charge < -0.3 is 15.2 Å². The van der Waals surface area contributed by atoms with Gasteiger partial charge in [-0.2, -0.15) is 10.4 Å². The number of nitrogens with zero attached hydrogens (tertiary/aromatic N) is 3. The molecule has 0 aromatic heterocycles. The fourth-order valence-electron chi connectivity index (χ4n) is 5.25. The summed E-state index contributed by atoms with van der Waals surface area (Å²) in [5.74, 6) is -2.00. The smallest absolute Gasteiger partial charge is 0.326 e. The van der Waals surface area contributed by atoms with E-state index in [4.69, 9.17) is 15.2 Å². The zero-order chi connectivity index (χ0) is 24.3. The average Bonchev–Trinajstić information content (AvgIpc) is 2.88. The quantitative estimate of drug-likeness (QED) is 0.520. The Balaban J connectivity index is 2.05. The van der Waals surface area contributed by atoms with Gasteiger partial charge >= 0.3 is 11.9 Å². The molecule has 1 fully saturated rings. The van der Waals surface area contributed by atoms with E-state index in [0.717, 1.165) is 11.1 Å². The Morgan fingerprint density at radius 1 is 1.09 bits per heavy atom. The van der Waals surface area contributed by atoms with Gasteiger partial charge in [0.05, 0.1) is 25.5 Å². The number of fused-ring (bicyclic) bond motifs is 3. The van der Waals surface area contributed by atoms with E-state index >= 15 is 0 Å². The van der Waals surface area contributed by atoms with E-state index in [2.05, 4.69) is 11.2 Å². The summed E-state index contributed by atoms with van der Waals surface area (Å²) in [6.45, 7) is 3.51. The van der Waals surface area contributed by atoms with Crippen molar-refractivity contribution in [3.8, 4) is 6.07 Å². The second-order valence-corrected chi connectivity index (χ2v) is 8.44. The molecule has 176 valence electrons. The molecular weight excluding hydrogens is 432 g/mol. The zero-order valence-corrected chi connectivity index (χ0v) is 19.3. The van der Waals surface area contributed by atoms with Gasteiger partial charge in [-0.1, -0.05) is 54.6 Å². The first-order valence-corrected chi connectivity index (χ1v) is 11.4.